The average Bonchev–Trinajstić information content (AvgIpc) is 2.90. The Morgan fingerprint density at radius 2 is 1.67 bits per heavy atom. The highest BCUT2D eigenvalue weighted by Crippen LogP contribution is 2.41. The van der Waals surface area contributed by atoms with Gasteiger partial charge in [-0.1, -0.05) is 0 Å². The van der Waals surface area contributed by atoms with Gasteiger partial charge in [-0.3, -0.25) is 4.79 Å². The second kappa shape index (κ2) is 9.70. The molecule has 1 aliphatic heterocycles. The molecule has 1 amide bonds. The molecule has 3 aromatic rings. The average molecular weight is 456 g/mol. The third-order valence-corrected chi connectivity index (χ3v) is 4.95. The van der Waals surface area contributed by atoms with E-state index in [0.717, 1.165) is 12.1 Å². The normalized spacial score (nSPS) is 12.1. The number of halogens is 2. The van der Waals surface area contributed by atoms with Crippen molar-refractivity contribution in [2.24, 2.45) is 0 Å². The van der Waals surface area contributed by atoms with E-state index < -0.39 is 11.9 Å². The van der Waals surface area contributed by atoms with E-state index in [0.29, 0.717) is 59.3 Å². The molecule has 0 atom stereocenters. The quantitative estimate of drug-likeness (QED) is 0.291. The first-order chi connectivity index (χ1) is 16.0. The van der Waals surface area contributed by atoms with Crippen molar-refractivity contribution in [1.29, 1.82) is 0 Å². The van der Waals surface area contributed by atoms with Gasteiger partial charge in [0.05, 0.1) is 36.3 Å². The summed E-state index contributed by atoms with van der Waals surface area (Å²) in [6.45, 7) is 0.482. The summed E-state index contributed by atoms with van der Waals surface area (Å²) < 4.78 is 38.0. The first-order valence-corrected chi connectivity index (χ1v) is 10.2. The molecule has 0 unspecified atom stereocenters. The minimum Gasteiger partial charge on any atom is -0.493 e. The molecule has 33 heavy (non-hydrogen) atoms. The summed E-state index contributed by atoms with van der Waals surface area (Å²) >= 11 is 0. The molecule has 0 fully saturated rings. The number of carbonyl (C=O) groups excluding carboxylic acids is 1. The number of nitrogens with zero attached hydrogens (tertiary/aromatic N) is 1. The number of nitrogens with one attached hydrogen (secondary N) is 3. The summed E-state index contributed by atoms with van der Waals surface area (Å²) in [7, 11) is 1.51. The molecule has 0 spiro atoms. The first kappa shape index (κ1) is 22.3. The van der Waals surface area contributed by atoms with Gasteiger partial charge in [-0.15, -0.1) is 0 Å². The number of hydrogen-bond acceptors (Lipinski definition) is 7. The van der Waals surface area contributed by atoms with E-state index in [1.807, 2.05) is 0 Å². The largest absolute Gasteiger partial charge is 0.493 e. The van der Waals surface area contributed by atoms with Crippen LogP contribution in [0.5, 0.6) is 11.5 Å². The maximum Gasteiger partial charge on any atom is 0.257 e. The summed E-state index contributed by atoms with van der Waals surface area (Å²) in [5.41, 5.74) is 2.65. The second-order valence-electron chi connectivity index (χ2n) is 7.29. The number of ether oxygens (including phenoxy) is 2. The van der Waals surface area contributed by atoms with Crippen LogP contribution >= 0.6 is 0 Å². The van der Waals surface area contributed by atoms with Gasteiger partial charge in [-0.25, -0.2) is 0 Å². The highest BCUT2D eigenvalue weighted by atomic mass is 19.1. The van der Waals surface area contributed by atoms with E-state index in [1.165, 1.54) is 7.11 Å². The molecule has 1 aliphatic rings. The molecule has 4 rings (SSSR count). The van der Waals surface area contributed by atoms with Crippen molar-refractivity contribution in [1.82, 2.24) is 4.98 Å². The van der Waals surface area contributed by atoms with E-state index in [4.69, 9.17) is 14.6 Å². The number of aromatic nitrogens is 1. The van der Waals surface area contributed by atoms with Gasteiger partial charge in [0.2, 0.25) is 11.9 Å². The molecule has 0 bridgehead atoms. The standard InChI is InChI=1S/C23H22F2N4O4/c1-32-19-11-18-17(12-20(19)33-7-3-2-6-30)27-16-8-13(4-5-15(16)23(31)28-18)26-14-9-21(24)29-22(25)10-14/h4-5,8-12,27,30H,2-3,6-7H2,1H3,(H,26,29)(H,28,31). The number of aliphatic hydroxyl groups excluding tert-OH is 1. The number of carbonyl (C=O) groups is 1. The van der Waals surface area contributed by atoms with E-state index in [1.54, 1.807) is 30.3 Å². The zero-order chi connectivity index (χ0) is 23.4. The number of aliphatic hydroxyl groups is 1. The van der Waals surface area contributed by atoms with Crippen LogP contribution in [-0.2, 0) is 0 Å². The topological polar surface area (TPSA) is 105 Å². The summed E-state index contributed by atoms with van der Waals surface area (Å²) in [6.07, 6.45) is 1.30. The van der Waals surface area contributed by atoms with Crippen LogP contribution in [0.4, 0.5) is 37.2 Å². The maximum absolute atomic E-state index is 13.4. The Labute approximate surface area is 188 Å². The molecular formula is C23H22F2N4O4. The Hall–Kier alpha value is -3.92. The number of methoxy groups -OCH3 is 1. The lowest BCUT2D eigenvalue weighted by molar-refractivity contribution is 0.102. The van der Waals surface area contributed by atoms with Gasteiger partial charge in [-0.05, 0) is 31.0 Å². The third kappa shape index (κ3) is 5.12. The van der Waals surface area contributed by atoms with Crippen LogP contribution in [0.3, 0.4) is 0 Å². The predicted molar refractivity (Wildman–Crippen MR) is 120 cm³/mol. The van der Waals surface area contributed by atoms with Gasteiger partial charge in [-0.2, -0.15) is 13.8 Å². The maximum atomic E-state index is 13.4. The number of pyridine rings is 1. The van der Waals surface area contributed by atoms with Gasteiger partial charge in [0.1, 0.15) is 0 Å². The monoisotopic (exact) mass is 456 g/mol. The highest BCUT2D eigenvalue weighted by Gasteiger charge is 2.22. The number of hydrogen-bond donors (Lipinski definition) is 4. The molecule has 8 nitrogen and oxygen atoms in total. The summed E-state index contributed by atoms with van der Waals surface area (Å²) in [4.78, 5) is 15.9. The van der Waals surface area contributed by atoms with E-state index in [-0.39, 0.29) is 18.2 Å². The van der Waals surface area contributed by atoms with Crippen LogP contribution in [0.25, 0.3) is 0 Å². The fourth-order valence-electron chi connectivity index (χ4n) is 3.40. The summed E-state index contributed by atoms with van der Waals surface area (Å²) in [6, 6.07) is 10.4. The molecule has 2 heterocycles. The third-order valence-electron chi connectivity index (χ3n) is 4.95. The molecule has 10 heteroatoms. The molecule has 172 valence electrons. The van der Waals surface area contributed by atoms with Crippen LogP contribution in [0.2, 0.25) is 0 Å². The van der Waals surface area contributed by atoms with Gasteiger partial charge in [0, 0.05) is 42.2 Å². The number of anilines is 5. The first-order valence-electron chi connectivity index (χ1n) is 10.2. The van der Waals surface area contributed by atoms with Crippen LogP contribution in [0, 0.1) is 11.9 Å². The molecule has 2 aromatic carbocycles. The van der Waals surface area contributed by atoms with Crippen LogP contribution < -0.4 is 25.4 Å². The lowest BCUT2D eigenvalue weighted by Crippen LogP contribution is -2.11. The van der Waals surface area contributed by atoms with E-state index in [9.17, 15) is 13.6 Å². The van der Waals surface area contributed by atoms with Crippen molar-refractivity contribution >= 4 is 34.3 Å². The van der Waals surface area contributed by atoms with Crippen molar-refractivity contribution in [2.75, 3.05) is 36.3 Å². The van der Waals surface area contributed by atoms with Crippen molar-refractivity contribution in [3.05, 3.63) is 59.9 Å². The van der Waals surface area contributed by atoms with Gasteiger partial charge >= 0.3 is 0 Å². The second-order valence-corrected chi connectivity index (χ2v) is 7.29. The van der Waals surface area contributed by atoms with Crippen molar-refractivity contribution in [3.8, 4) is 11.5 Å². The van der Waals surface area contributed by atoms with Crippen molar-refractivity contribution in [2.45, 2.75) is 12.8 Å². The Bertz CT molecular complexity index is 1170. The Balaban J connectivity index is 1.63. The van der Waals surface area contributed by atoms with E-state index in [2.05, 4.69) is 20.9 Å². The lowest BCUT2D eigenvalue weighted by Gasteiger charge is -2.16. The SMILES string of the molecule is COc1cc2c(cc1OCCCCO)Nc1cc(Nc3cc(F)nc(F)c3)ccc1C(=O)N2. The lowest BCUT2D eigenvalue weighted by atomic mass is 10.1. The van der Waals surface area contributed by atoms with Crippen molar-refractivity contribution < 1.29 is 28.2 Å². The summed E-state index contributed by atoms with van der Waals surface area (Å²) in [5, 5.41) is 17.9. The minimum absolute atomic E-state index is 0.0875. The van der Waals surface area contributed by atoms with Crippen LogP contribution in [-0.4, -0.2) is 36.3 Å². The predicted octanol–water partition coefficient (Wildman–Crippen LogP) is 4.57. The molecular weight excluding hydrogens is 434 g/mol. The number of unbranched alkanes of at least 4 members (excludes halogenated alkanes) is 1. The number of benzene rings is 2. The number of amides is 1. The Kier molecular flexibility index (Phi) is 6.55. The van der Waals surface area contributed by atoms with Crippen molar-refractivity contribution in [3.63, 3.8) is 0 Å². The Morgan fingerprint density at radius 3 is 2.39 bits per heavy atom. The fraction of sp³-hybridized carbons (Fsp3) is 0.217. The van der Waals surface area contributed by atoms with Crippen LogP contribution in [0.1, 0.15) is 23.2 Å². The number of rotatable bonds is 8. The molecule has 0 saturated heterocycles. The summed E-state index contributed by atoms with van der Waals surface area (Å²) in [5.74, 6) is -1.29. The highest BCUT2D eigenvalue weighted by molar-refractivity contribution is 6.12. The zero-order valence-corrected chi connectivity index (χ0v) is 17.7. The Morgan fingerprint density at radius 1 is 0.939 bits per heavy atom. The molecule has 1 aromatic heterocycles. The number of fused-ring (bicyclic) bond motifs is 2. The fourth-order valence-corrected chi connectivity index (χ4v) is 3.40. The smallest absolute Gasteiger partial charge is 0.257 e. The van der Waals surface area contributed by atoms with Gasteiger partial charge in [0.15, 0.2) is 11.5 Å². The zero-order valence-electron chi connectivity index (χ0n) is 17.7. The van der Waals surface area contributed by atoms with Gasteiger partial charge < -0.3 is 30.5 Å². The van der Waals surface area contributed by atoms with E-state index >= 15 is 0 Å². The van der Waals surface area contributed by atoms with Crippen LogP contribution in [0.15, 0.2) is 42.5 Å². The van der Waals surface area contributed by atoms with Gasteiger partial charge in [0.25, 0.3) is 5.91 Å². The molecule has 0 saturated carbocycles. The minimum atomic E-state index is -0.945. The molecule has 0 radical (unpaired) electrons. The molecule has 0 aliphatic carbocycles. The molecule has 4 N–H and O–H groups in total.